The third-order valence-corrected chi connectivity index (χ3v) is 11.3. The average molecular weight is 1130 g/mol. The van der Waals surface area contributed by atoms with Crippen LogP contribution in [0.3, 0.4) is 0 Å². The normalized spacial score (nSPS) is 14.8. The van der Waals surface area contributed by atoms with E-state index in [9.17, 15) is 49.2 Å². The number of aliphatic hydroxyl groups excluding tert-OH is 6. The Kier molecular flexibility index (Phi) is 42.2. The molecule has 0 aromatic carbocycles. The van der Waals surface area contributed by atoms with Crippen molar-refractivity contribution in [3.05, 3.63) is 29.6 Å². The summed E-state index contributed by atoms with van der Waals surface area (Å²) in [5, 5.41) is 62.3. The molecule has 1 aromatic rings. The van der Waals surface area contributed by atoms with Crippen molar-refractivity contribution in [3.63, 3.8) is 0 Å². The van der Waals surface area contributed by atoms with Gasteiger partial charge in [-0.05, 0) is 64.3 Å². The largest absolute Gasteiger partial charge is 0.468 e. The summed E-state index contributed by atoms with van der Waals surface area (Å²) in [6.07, 6.45) is 5.63. The molecule has 3 atom stereocenters. The summed E-state index contributed by atoms with van der Waals surface area (Å²) in [6, 6.07) is 3.40. The van der Waals surface area contributed by atoms with E-state index in [4.69, 9.17) is 29.4 Å². The van der Waals surface area contributed by atoms with Gasteiger partial charge in [0.05, 0.1) is 90.1 Å². The van der Waals surface area contributed by atoms with Crippen LogP contribution in [-0.2, 0) is 56.1 Å². The minimum atomic E-state index is -0.963. The molecule has 0 saturated carbocycles. The Morgan fingerprint density at radius 1 is 0.609 bits per heavy atom. The van der Waals surface area contributed by atoms with Crippen LogP contribution in [0.4, 0.5) is 0 Å². The second-order valence-electron chi connectivity index (χ2n) is 16.2. The topological polar surface area (TPSA) is 310 Å². The maximum Gasteiger partial charge on any atom is 0.323 e. The zero-order valence-corrected chi connectivity index (χ0v) is 43.8. The average Bonchev–Trinajstić information content (AvgIpc) is 3.35. The number of nitrogens with zero attached hydrogens (tertiary/aromatic N) is 4. The second-order valence-corrected chi connectivity index (χ2v) is 16.2. The summed E-state index contributed by atoms with van der Waals surface area (Å²) in [6.45, 7) is 4.50. The van der Waals surface area contributed by atoms with Gasteiger partial charge in [0.2, 0.25) is 11.8 Å². The van der Waals surface area contributed by atoms with Crippen molar-refractivity contribution in [2.24, 2.45) is 17.8 Å². The van der Waals surface area contributed by atoms with E-state index in [-0.39, 0.29) is 105 Å². The van der Waals surface area contributed by atoms with Crippen molar-refractivity contribution >= 4 is 36.0 Å². The predicted octanol–water partition coefficient (Wildman–Crippen LogP) is -1.79. The van der Waals surface area contributed by atoms with Crippen LogP contribution < -0.4 is 16.0 Å². The third-order valence-electron chi connectivity index (χ3n) is 11.3. The Bertz CT molecular complexity index is 1540. The van der Waals surface area contributed by atoms with E-state index < -0.39 is 92.0 Å². The molecule has 23 heteroatoms. The molecule has 400 valence electrons. The minimum absolute atomic E-state index is 0. The number of pyridine rings is 1. The number of aromatic nitrogens is 1. The summed E-state index contributed by atoms with van der Waals surface area (Å²) in [7, 11) is 5.78. The number of aliphatic hydroxyl groups is 6. The van der Waals surface area contributed by atoms with Crippen molar-refractivity contribution in [1.82, 2.24) is 35.6 Å². The smallest absolute Gasteiger partial charge is 0.323 e. The molecule has 0 saturated heterocycles. The quantitative estimate of drug-likeness (QED) is 0.0194. The van der Waals surface area contributed by atoms with E-state index in [1.165, 1.54) is 34.2 Å². The first kappa shape index (κ1) is 68.2. The fourth-order valence-corrected chi connectivity index (χ4v) is 6.87. The summed E-state index contributed by atoms with van der Waals surface area (Å²) in [4.78, 5) is 85.4. The first-order valence-corrected chi connectivity index (χ1v) is 23.5. The number of fused-ring (bicyclic) bond motifs is 2. The third kappa shape index (κ3) is 27.5. The number of methoxy groups -OCH3 is 3. The monoisotopic (exact) mass is 1130 g/mol. The SMILES string of the molecule is CCCC.CNCCCC(C(=O)OC)N1CCN(C(CCCNC(=O)C(CO)CO)C(=O)OC)CCN(C(CCCNC(=O)C(CO)CO)C(=O)OC)Cc2cccc(n2)C1.O=CC(CO)CO.[Gd]. The van der Waals surface area contributed by atoms with Gasteiger partial charge in [0, 0.05) is 92.3 Å². The second kappa shape index (κ2) is 42.7. The van der Waals surface area contributed by atoms with Crippen LogP contribution >= 0.6 is 0 Å². The number of esters is 3. The zero-order valence-electron chi connectivity index (χ0n) is 41.5. The molecule has 1 aliphatic heterocycles. The predicted molar refractivity (Wildman–Crippen MR) is 251 cm³/mol. The standard InChI is InChI=1S/C38H65N7O12.C4H8O3.C4H10.Gd/c1-39-14-6-11-32(37(53)56-3)44-19-17-43(31(36(52)55-2)12-7-15-40-34(50)27(23-46)24-47)18-20-45(22-30-10-5-9-29(21-44)42-30)33(38(54)57-4)13-8-16-41-35(51)28(25-48)26-49;5-1-4(2-6)3-7;1-3-4-2;/h5,9-10,27-28,31-33,39,46-49H,6-8,11-26H2,1-4H3,(H,40,50)(H,41,51);1,4,6-7H,2-3H2;3-4H2,1-2H3;. The summed E-state index contributed by atoms with van der Waals surface area (Å²) >= 11 is 0. The van der Waals surface area contributed by atoms with Gasteiger partial charge in [0.25, 0.3) is 0 Å². The maximum atomic E-state index is 13.5. The number of rotatable bonds is 28. The van der Waals surface area contributed by atoms with Crippen molar-refractivity contribution in [2.75, 3.05) is 114 Å². The first-order valence-electron chi connectivity index (χ1n) is 23.5. The minimum Gasteiger partial charge on any atom is -0.468 e. The number of unbranched alkanes of at least 4 members (excludes halogenated alkanes) is 1. The number of hydrogen-bond donors (Lipinski definition) is 9. The van der Waals surface area contributed by atoms with Gasteiger partial charge in [-0.3, -0.25) is 43.7 Å². The molecule has 0 radical (unpaired) electrons. The van der Waals surface area contributed by atoms with E-state index in [1.54, 1.807) is 0 Å². The molecule has 0 fully saturated rings. The van der Waals surface area contributed by atoms with Crippen LogP contribution in [0.1, 0.15) is 76.6 Å². The van der Waals surface area contributed by atoms with Crippen LogP contribution in [0.25, 0.3) is 0 Å². The number of amides is 2. The number of nitrogens with one attached hydrogen (secondary N) is 3. The summed E-state index contributed by atoms with van der Waals surface area (Å²) < 4.78 is 15.8. The Labute approximate surface area is 440 Å². The first-order chi connectivity index (χ1) is 32.8. The molecule has 1 aromatic heterocycles. The van der Waals surface area contributed by atoms with Gasteiger partial charge in [-0.25, -0.2) is 0 Å². The molecule has 2 amide bonds. The van der Waals surface area contributed by atoms with E-state index in [0.29, 0.717) is 63.0 Å². The molecule has 1 aliphatic rings. The summed E-state index contributed by atoms with van der Waals surface area (Å²) in [5.74, 6) is -4.91. The molecular formula is C46H83GdN7O15. The Hall–Kier alpha value is -2.91. The van der Waals surface area contributed by atoms with E-state index in [1.807, 2.05) is 39.9 Å². The van der Waals surface area contributed by atoms with Crippen LogP contribution in [0, 0.1) is 57.7 Å². The fraction of sp³-hybridized carbons (Fsp3) is 0.761. The Morgan fingerprint density at radius 2 is 0.957 bits per heavy atom. The van der Waals surface area contributed by atoms with E-state index in [2.05, 4.69) is 29.8 Å². The number of carbonyl (C=O) groups is 6. The van der Waals surface area contributed by atoms with E-state index in [0.717, 1.165) is 0 Å². The van der Waals surface area contributed by atoms with Gasteiger partial charge in [-0.15, -0.1) is 0 Å². The molecule has 2 rings (SSSR count). The van der Waals surface area contributed by atoms with Gasteiger partial charge >= 0.3 is 17.9 Å². The summed E-state index contributed by atoms with van der Waals surface area (Å²) in [5.41, 5.74) is 1.34. The molecule has 9 N–H and O–H groups in total. The van der Waals surface area contributed by atoms with Gasteiger partial charge < -0.3 is 65.6 Å². The zero-order chi connectivity index (χ0) is 51.3. The van der Waals surface area contributed by atoms with Crippen molar-refractivity contribution in [3.8, 4) is 0 Å². The van der Waals surface area contributed by atoms with Gasteiger partial charge in [-0.1, -0.05) is 32.8 Å². The van der Waals surface area contributed by atoms with Gasteiger partial charge in [0.15, 0.2) is 0 Å². The van der Waals surface area contributed by atoms with Crippen LogP contribution in [-0.4, -0.2) is 218 Å². The van der Waals surface area contributed by atoms with Crippen molar-refractivity contribution < 1.29 is 114 Å². The molecule has 69 heavy (non-hydrogen) atoms. The van der Waals surface area contributed by atoms with Crippen molar-refractivity contribution in [2.45, 2.75) is 96.4 Å². The molecule has 22 nitrogen and oxygen atoms in total. The van der Waals surface area contributed by atoms with Crippen LogP contribution in [0.5, 0.6) is 0 Å². The molecular weight excluding hydrogens is 1050 g/mol. The van der Waals surface area contributed by atoms with Gasteiger partial charge in [-0.2, -0.15) is 0 Å². The number of aldehydes is 1. The Balaban J connectivity index is 0. The number of hydrogen-bond acceptors (Lipinski definition) is 20. The fourth-order valence-electron chi connectivity index (χ4n) is 6.87. The van der Waals surface area contributed by atoms with Gasteiger partial charge in [0.1, 0.15) is 24.4 Å². The van der Waals surface area contributed by atoms with Crippen LogP contribution in [0.15, 0.2) is 18.2 Å². The molecule has 0 spiro atoms. The van der Waals surface area contributed by atoms with Crippen LogP contribution in [0.2, 0.25) is 0 Å². The Morgan fingerprint density at radius 3 is 1.25 bits per heavy atom. The number of carbonyl (C=O) groups excluding carboxylic acids is 6. The van der Waals surface area contributed by atoms with E-state index >= 15 is 0 Å². The molecule has 2 bridgehead atoms. The molecule has 2 heterocycles. The molecule has 0 aliphatic carbocycles. The molecule has 3 unspecified atom stereocenters. The van der Waals surface area contributed by atoms with Crippen molar-refractivity contribution in [1.29, 1.82) is 0 Å². The maximum absolute atomic E-state index is 13.5. The number of ether oxygens (including phenoxy) is 3.